The number of nitrogens with zero attached hydrogens (tertiary/aromatic N) is 2. The van der Waals surface area contributed by atoms with Gasteiger partial charge in [-0.05, 0) is 23.8 Å². The first-order chi connectivity index (χ1) is 14.0. The molecule has 0 saturated carbocycles. The molecule has 8 heteroatoms. The molecule has 0 atom stereocenters. The molecule has 6 nitrogen and oxygen atoms in total. The highest BCUT2D eigenvalue weighted by Gasteiger charge is 2.25. The standard InChI is InChI=1S/C21H24Cl2N2O4/c1-27-17-11-15(12-18(28-2)20(17)29-3)21(26)25-9-7-24(8-10-25)13-14-5-4-6-16(22)19(14)23/h4-6,11-12H,7-10,13H2,1-3H3. The third kappa shape index (κ3) is 4.71. The van der Waals surface area contributed by atoms with Crippen molar-refractivity contribution in [2.24, 2.45) is 0 Å². The van der Waals surface area contributed by atoms with E-state index in [9.17, 15) is 4.79 Å². The van der Waals surface area contributed by atoms with Crippen LogP contribution in [0.4, 0.5) is 0 Å². The third-order valence-electron chi connectivity index (χ3n) is 5.00. The van der Waals surface area contributed by atoms with Crippen LogP contribution in [0, 0.1) is 0 Å². The molecule has 1 aliphatic rings. The Hall–Kier alpha value is -2.15. The van der Waals surface area contributed by atoms with Gasteiger partial charge >= 0.3 is 0 Å². The minimum Gasteiger partial charge on any atom is -0.493 e. The van der Waals surface area contributed by atoms with Gasteiger partial charge in [-0.2, -0.15) is 0 Å². The smallest absolute Gasteiger partial charge is 0.254 e. The summed E-state index contributed by atoms with van der Waals surface area (Å²) in [4.78, 5) is 17.1. The van der Waals surface area contributed by atoms with Crippen LogP contribution in [0.2, 0.25) is 10.0 Å². The normalized spacial score (nSPS) is 14.6. The lowest BCUT2D eigenvalue weighted by Crippen LogP contribution is -2.48. The van der Waals surface area contributed by atoms with Gasteiger partial charge in [0.2, 0.25) is 5.75 Å². The molecule has 0 aromatic heterocycles. The van der Waals surface area contributed by atoms with Crippen LogP contribution in [0.15, 0.2) is 30.3 Å². The van der Waals surface area contributed by atoms with E-state index >= 15 is 0 Å². The number of halogens is 2. The van der Waals surface area contributed by atoms with Crippen molar-refractivity contribution in [2.45, 2.75) is 6.54 Å². The number of ether oxygens (including phenoxy) is 3. The molecule has 0 unspecified atom stereocenters. The predicted octanol–water partition coefficient (Wildman–Crippen LogP) is 3.98. The molecule has 0 spiro atoms. The van der Waals surface area contributed by atoms with Gasteiger partial charge in [-0.25, -0.2) is 0 Å². The van der Waals surface area contributed by atoms with Gasteiger partial charge in [0.25, 0.3) is 5.91 Å². The fraction of sp³-hybridized carbons (Fsp3) is 0.381. The van der Waals surface area contributed by atoms with E-state index in [1.54, 1.807) is 18.2 Å². The molecule has 0 bridgehead atoms. The zero-order chi connectivity index (χ0) is 21.0. The van der Waals surface area contributed by atoms with Crippen molar-refractivity contribution in [1.82, 2.24) is 9.80 Å². The number of hydrogen-bond acceptors (Lipinski definition) is 5. The van der Waals surface area contributed by atoms with E-state index < -0.39 is 0 Å². The summed E-state index contributed by atoms with van der Waals surface area (Å²) in [7, 11) is 4.60. The summed E-state index contributed by atoms with van der Waals surface area (Å²) in [6.45, 7) is 3.44. The molecule has 1 heterocycles. The van der Waals surface area contributed by atoms with Crippen LogP contribution in [-0.4, -0.2) is 63.2 Å². The SMILES string of the molecule is COc1cc(C(=O)N2CCN(Cc3cccc(Cl)c3Cl)CC2)cc(OC)c1OC. The maximum absolute atomic E-state index is 13.0. The van der Waals surface area contributed by atoms with Crippen molar-refractivity contribution in [3.8, 4) is 17.2 Å². The van der Waals surface area contributed by atoms with E-state index in [0.717, 1.165) is 18.7 Å². The second kappa shape index (κ2) is 9.57. The first-order valence-electron chi connectivity index (χ1n) is 9.23. The molecular formula is C21H24Cl2N2O4. The predicted molar refractivity (Wildman–Crippen MR) is 114 cm³/mol. The van der Waals surface area contributed by atoms with Gasteiger partial charge < -0.3 is 19.1 Å². The molecule has 3 rings (SSSR count). The van der Waals surface area contributed by atoms with Gasteiger partial charge in [0.1, 0.15) is 0 Å². The highest BCUT2D eigenvalue weighted by Crippen LogP contribution is 2.38. The average Bonchev–Trinajstić information content (AvgIpc) is 2.75. The second-order valence-electron chi connectivity index (χ2n) is 6.70. The lowest BCUT2D eigenvalue weighted by Gasteiger charge is -2.35. The first-order valence-corrected chi connectivity index (χ1v) is 9.98. The zero-order valence-corrected chi connectivity index (χ0v) is 18.2. The summed E-state index contributed by atoms with van der Waals surface area (Å²) >= 11 is 12.4. The minimum absolute atomic E-state index is 0.0651. The number of piperazine rings is 1. The largest absolute Gasteiger partial charge is 0.493 e. The molecule has 0 radical (unpaired) electrons. The quantitative estimate of drug-likeness (QED) is 0.682. The molecule has 1 fully saturated rings. The molecular weight excluding hydrogens is 415 g/mol. The Morgan fingerprint density at radius 2 is 1.59 bits per heavy atom. The molecule has 0 aliphatic carbocycles. The number of methoxy groups -OCH3 is 3. The maximum atomic E-state index is 13.0. The average molecular weight is 439 g/mol. The van der Waals surface area contributed by atoms with E-state index in [4.69, 9.17) is 37.4 Å². The number of hydrogen-bond donors (Lipinski definition) is 0. The van der Waals surface area contributed by atoms with Crippen LogP contribution in [0.3, 0.4) is 0 Å². The molecule has 2 aromatic rings. The number of carbonyl (C=O) groups excluding carboxylic acids is 1. The Kier molecular flexibility index (Phi) is 7.11. The summed E-state index contributed by atoms with van der Waals surface area (Å²) in [5.74, 6) is 1.33. The van der Waals surface area contributed by atoms with Crippen LogP contribution in [-0.2, 0) is 6.54 Å². The lowest BCUT2D eigenvalue weighted by molar-refractivity contribution is 0.0627. The Morgan fingerprint density at radius 3 is 2.14 bits per heavy atom. The van der Waals surface area contributed by atoms with Crippen molar-refractivity contribution in [1.29, 1.82) is 0 Å². The van der Waals surface area contributed by atoms with Crippen molar-refractivity contribution in [3.63, 3.8) is 0 Å². The minimum atomic E-state index is -0.0651. The Bertz CT molecular complexity index is 858. The van der Waals surface area contributed by atoms with Gasteiger partial charge in [0.05, 0.1) is 31.4 Å². The first kappa shape index (κ1) is 21.6. The topological polar surface area (TPSA) is 51.2 Å². The number of amides is 1. The summed E-state index contributed by atoms with van der Waals surface area (Å²) in [6.07, 6.45) is 0. The molecule has 1 amide bonds. The zero-order valence-electron chi connectivity index (χ0n) is 16.7. The Morgan fingerprint density at radius 1 is 0.966 bits per heavy atom. The van der Waals surface area contributed by atoms with Crippen molar-refractivity contribution in [2.75, 3.05) is 47.5 Å². The van der Waals surface area contributed by atoms with Gasteiger partial charge in [-0.3, -0.25) is 9.69 Å². The summed E-state index contributed by atoms with van der Waals surface area (Å²) in [5, 5.41) is 1.14. The fourth-order valence-electron chi connectivity index (χ4n) is 3.41. The molecule has 29 heavy (non-hydrogen) atoms. The molecule has 156 valence electrons. The van der Waals surface area contributed by atoms with Crippen molar-refractivity contribution in [3.05, 3.63) is 51.5 Å². The van der Waals surface area contributed by atoms with Crippen LogP contribution in [0.1, 0.15) is 15.9 Å². The lowest BCUT2D eigenvalue weighted by atomic mass is 10.1. The summed E-state index contributed by atoms with van der Waals surface area (Å²) < 4.78 is 16.0. The van der Waals surface area contributed by atoms with Crippen LogP contribution in [0.25, 0.3) is 0 Å². The number of carbonyl (C=O) groups is 1. The van der Waals surface area contributed by atoms with Crippen LogP contribution < -0.4 is 14.2 Å². The Balaban J connectivity index is 1.68. The van der Waals surface area contributed by atoms with Crippen molar-refractivity contribution >= 4 is 29.1 Å². The van der Waals surface area contributed by atoms with E-state index in [1.165, 1.54) is 21.3 Å². The number of rotatable bonds is 6. The van der Waals surface area contributed by atoms with Crippen LogP contribution in [0.5, 0.6) is 17.2 Å². The highest BCUT2D eigenvalue weighted by molar-refractivity contribution is 6.42. The molecule has 2 aromatic carbocycles. The highest BCUT2D eigenvalue weighted by atomic mass is 35.5. The second-order valence-corrected chi connectivity index (χ2v) is 7.48. The summed E-state index contributed by atoms with van der Waals surface area (Å²) in [6, 6.07) is 9.01. The van der Waals surface area contributed by atoms with Gasteiger partial charge in [0.15, 0.2) is 11.5 Å². The maximum Gasteiger partial charge on any atom is 0.254 e. The molecule has 0 N–H and O–H groups in total. The Labute approximate surface area is 180 Å². The summed E-state index contributed by atoms with van der Waals surface area (Å²) in [5.41, 5.74) is 1.49. The molecule has 1 aliphatic heterocycles. The molecule has 1 saturated heterocycles. The van der Waals surface area contributed by atoms with Gasteiger partial charge in [0, 0.05) is 38.3 Å². The fourth-order valence-corrected chi connectivity index (χ4v) is 3.79. The third-order valence-corrected chi connectivity index (χ3v) is 5.85. The number of benzene rings is 2. The van der Waals surface area contributed by atoms with E-state index in [1.807, 2.05) is 17.0 Å². The van der Waals surface area contributed by atoms with E-state index in [2.05, 4.69) is 4.90 Å². The van der Waals surface area contributed by atoms with Gasteiger partial charge in [-0.1, -0.05) is 35.3 Å². The monoisotopic (exact) mass is 438 g/mol. The van der Waals surface area contributed by atoms with Crippen LogP contribution >= 0.6 is 23.2 Å². The van der Waals surface area contributed by atoms with E-state index in [-0.39, 0.29) is 5.91 Å². The van der Waals surface area contributed by atoms with E-state index in [0.29, 0.717) is 52.5 Å². The van der Waals surface area contributed by atoms with Gasteiger partial charge in [-0.15, -0.1) is 0 Å². The van der Waals surface area contributed by atoms with Crippen molar-refractivity contribution < 1.29 is 19.0 Å².